The van der Waals surface area contributed by atoms with Crippen molar-refractivity contribution >= 4 is 11.6 Å². The third-order valence-electron chi connectivity index (χ3n) is 4.31. The summed E-state index contributed by atoms with van der Waals surface area (Å²) < 4.78 is 13.2. The first-order valence-corrected chi connectivity index (χ1v) is 7.11. The lowest BCUT2D eigenvalue weighted by Crippen LogP contribution is -2.33. The lowest BCUT2D eigenvalue weighted by atomic mass is 10.0. The van der Waals surface area contributed by atoms with Crippen molar-refractivity contribution in [3.05, 3.63) is 29.6 Å². The average Bonchev–Trinajstić information content (AvgIpc) is 2.94. The minimum Gasteiger partial charge on any atom is -0.325 e. The SMILES string of the molecule is Cc1ccc(F)cc1NC(=O)CN1C[C@H]2CNC[C@H]2C1. The molecule has 0 aromatic heterocycles. The van der Waals surface area contributed by atoms with Gasteiger partial charge in [-0.3, -0.25) is 9.69 Å². The summed E-state index contributed by atoms with van der Waals surface area (Å²) in [4.78, 5) is 14.3. The van der Waals surface area contributed by atoms with Crippen LogP contribution in [0.25, 0.3) is 0 Å². The molecule has 5 heteroatoms. The number of hydrogen-bond donors (Lipinski definition) is 2. The number of carbonyl (C=O) groups is 1. The molecule has 1 amide bonds. The van der Waals surface area contributed by atoms with Crippen molar-refractivity contribution in [2.45, 2.75) is 6.92 Å². The molecule has 108 valence electrons. The molecule has 0 bridgehead atoms. The summed E-state index contributed by atoms with van der Waals surface area (Å²) in [7, 11) is 0. The largest absolute Gasteiger partial charge is 0.325 e. The van der Waals surface area contributed by atoms with Crippen molar-refractivity contribution < 1.29 is 9.18 Å². The maximum absolute atomic E-state index is 13.2. The van der Waals surface area contributed by atoms with Gasteiger partial charge in [-0.15, -0.1) is 0 Å². The maximum Gasteiger partial charge on any atom is 0.238 e. The second-order valence-electron chi connectivity index (χ2n) is 5.88. The van der Waals surface area contributed by atoms with Crippen LogP contribution in [-0.2, 0) is 4.79 Å². The van der Waals surface area contributed by atoms with Gasteiger partial charge in [0.25, 0.3) is 0 Å². The van der Waals surface area contributed by atoms with Gasteiger partial charge in [-0.05, 0) is 49.5 Å². The maximum atomic E-state index is 13.2. The van der Waals surface area contributed by atoms with E-state index < -0.39 is 0 Å². The summed E-state index contributed by atoms with van der Waals surface area (Å²) >= 11 is 0. The second-order valence-corrected chi connectivity index (χ2v) is 5.88. The molecule has 2 aliphatic rings. The van der Waals surface area contributed by atoms with Crippen molar-refractivity contribution in [2.24, 2.45) is 11.8 Å². The zero-order chi connectivity index (χ0) is 14.1. The molecule has 2 atom stereocenters. The first-order valence-electron chi connectivity index (χ1n) is 7.11. The molecular formula is C15H20FN3O. The zero-order valence-electron chi connectivity index (χ0n) is 11.7. The second kappa shape index (κ2) is 5.50. The van der Waals surface area contributed by atoms with Gasteiger partial charge in [0, 0.05) is 18.8 Å². The third-order valence-corrected chi connectivity index (χ3v) is 4.31. The fourth-order valence-corrected chi connectivity index (χ4v) is 3.20. The van der Waals surface area contributed by atoms with E-state index in [0.29, 0.717) is 24.1 Å². The molecule has 1 aromatic rings. The van der Waals surface area contributed by atoms with Crippen LogP contribution in [0.1, 0.15) is 5.56 Å². The Labute approximate surface area is 118 Å². The van der Waals surface area contributed by atoms with Crippen LogP contribution in [0.15, 0.2) is 18.2 Å². The van der Waals surface area contributed by atoms with Crippen LogP contribution in [0.4, 0.5) is 10.1 Å². The van der Waals surface area contributed by atoms with E-state index in [9.17, 15) is 9.18 Å². The number of carbonyl (C=O) groups excluding carboxylic acids is 1. The van der Waals surface area contributed by atoms with E-state index in [4.69, 9.17) is 0 Å². The number of halogens is 1. The van der Waals surface area contributed by atoms with Crippen LogP contribution in [-0.4, -0.2) is 43.5 Å². The van der Waals surface area contributed by atoms with Crippen molar-refractivity contribution in [3.8, 4) is 0 Å². The molecule has 1 aromatic carbocycles. The highest BCUT2D eigenvalue weighted by Crippen LogP contribution is 2.26. The minimum atomic E-state index is -0.326. The molecular weight excluding hydrogens is 257 g/mol. The Morgan fingerprint density at radius 3 is 2.80 bits per heavy atom. The standard InChI is InChI=1S/C15H20FN3O/c1-10-2-3-13(16)4-14(10)18-15(20)9-19-7-11-5-17-6-12(11)8-19/h2-4,11-12,17H,5-9H2,1H3,(H,18,20)/t11-,12+. The average molecular weight is 277 g/mol. The Hall–Kier alpha value is -1.46. The highest BCUT2D eigenvalue weighted by Gasteiger charge is 2.36. The molecule has 2 N–H and O–H groups in total. The van der Waals surface area contributed by atoms with Crippen LogP contribution in [0.2, 0.25) is 0 Å². The van der Waals surface area contributed by atoms with Crippen molar-refractivity contribution in [2.75, 3.05) is 38.0 Å². The van der Waals surface area contributed by atoms with Crippen LogP contribution in [0.5, 0.6) is 0 Å². The van der Waals surface area contributed by atoms with Gasteiger partial charge in [0.05, 0.1) is 6.54 Å². The van der Waals surface area contributed by atoms with Gasteiger partial charge in [0.15, 0.2) is 0 Å². The molecule has 3 rings (SSSR count). The van der Waals surface area contributed by atoms with Crippen LogP contribution in [0.3, 0.4) is 0 Å². The van der Waals surface area contributed by atoms with E-state index in [1.54, 1.807) is 6.07 Å². The molecule has 2 saturated heterocycles. The Morgan fingerprint density at radius 2 is 2.10 bits per heavy atom. The molecule has 0 spiro atoms. The van der Waals surface area contributed by atoms with Gasteiger partial charge in [-0.2, -0.15) is 0 Å². The highest BCUT2D eigenvalue weighted by atomic mass is 19.1. The minimum absolute atomic E-state index is 0.0633. The first-order chi connectivity index (χ1) is 9.61. The van der Waals surface area contributed by atoms with Gasteiger partial charge in [-0.25, -0.2) is 4.39 Å². The fraction of sp³-hybridized carbons (Fsp3) is 0.533. The van der Waals surface area contributed by atoms with E-state index in [1.165, 1.54) is 12.1 Å². The van der Waals surface area contributed by atoms with Crippen LogP contribution in [0, 0.1) is 24.6 Å². The summed E-state index contributed by atoms with van der Waals surface area (Å²) in [5.41, 5.74) is 1.44. The quantitative estimate of drug-likeness (QED) is 0.873. The molecule has 0 aliphatic carbocycles. The number of likely N-dealkylation sites (tertiary alicyclic amines) is 1. The first kappa shape index (κ1) is 13.5. The van der Waals surface area contributed by atoms with E-state index in [0.717, 1.165) is 31.7 Å². The normalized spacial score (nSPS) is 25.7. The number of anilines is 1. The molecule has 0 saturated carbocycles. The van der Waals surface area contributed by atoms with Gasteiger partial charge in [0.1, 0.15) is 5.82 Å². The smallest absolute Gasteiger partial charge is 0.238 e. The Balaban J connectivity index is 1.56. The molecule has 0 radical (unpaired) electrons. The Bertz CT molecular complexity index is 508. The summed E-state index contributed by atoms with van der Waals surface area (Å²) in [5, 5.41) is 6.19. The lowest BCUT2D eigenvalue weighted by molar-refractivity contribution is -0.117. The summed E-state index contributed by atoms with van der Waals surface area (Å²) in [6.07, 6.45) is 0. The molecule has 20 heavy (non-hydrogen) atoms. The van der Waals surface area contributed by atoms with Crippen LogP contribution < -0.4 is 10.6 Å². The van der Waals surface area contributed by atoms with E-state index in [2.05, 4.69) is 15.5 Å². The fourth-order valence-electron chi connectivity index (χ4n) is 3.20. The van der Waals surface area contributed by atoms with Gasteiger partial charge >= 0.3 is 0 Å². The number of fused-ring (bicyclic) bond motifs is 1. The number of hydrogen-bond acceptors (Lipinski definition) is 3. The monoisotopic (exact) mass is 277 g/mol. The number of benzene rings is 1. The predicted octanol–water partition coefficient (Wildman–Crippen LogP) is 1.22. The molecule has 0 unspecified atom stereocenters. The summed E-state index contributed by atoms with van der Waals surface area (Å²) in [6, 6.07) is 4.45. The number of nitrogens with one attached hydrogen (secondary N) is 2. The van der Waals surface area contributed by atoms with E-state index >= 15 is 0 Å². The number of nitrogens with zero attached hydrogens (tertiary/aromatic N) is 1. The van der Waals surface area contributed by atoms with Gasteiger partial charge in [-0.1, -0.05) is 6.07 Å². The molecule has 4 nitrogen and oxygen atoms in total. The Morgan fingerprint density at radius 1 is 1.40 bits per heavy atom. The van der Waals surface area contributed by atoms with E-state index in [-0.39, 0.29) is 11.7 Å². The van der Waals surface area contributed by atoms with Crippen molar-refractivity contribution in [3.63, 3.8) is 0 Å². The molecule has 2 heterocycles. The Kier molecular flexibility index (Phi) is 3.72. The summed E-state index contributed by atoms with van der Waals surface area (Å²) in [6.45, 7) is 6.34. The highest BCUT2D eigenvalue weighted by molar-refractivity contribution is 5.93. The van der Waals surface area contributed by atoms with E-state index in [1.807, 2.05) is 6.92 Å². The predicted molar refractivity (Wildman–Crippen MR) is 76.1 cm³/mol. The third kappa shape index (κ3) is 2.83. The zero-order valence-corrected chi connectivity index (χ0v) is 11.7. The lowest BCUT2D eigenvalue weighted by Gasteiger charge is -2.17. The van der Waals surface area contributed by atoms with Crippen LogP contribution >= 0.6 is 0 Å². The van der Waals surface area contributed by atoms with Crippen molar-refractivity contribution in [1.29, 1.82) is 0 Å². The summed E-state index contributed by atoms with van der Waals surface area (Å²) in [5.74, 6) is 0.969. The topological polar surface area (TPSA) is 44.4 Å². The molecule has 2 aliphatic heterocycles. The molecule has 2 fully saturated rings. The van der Waals surface area contributed by atoms with Gasteiger partial charge in [0.2, 0.25) is 5.91 Å². The number of rotatable bonds is 3. The van der Waals surface area contributed by atoms with Gasteiger partial charge < -0.3 is 10.6 Å². The number of aryl methyl sites for hydroxylation is 1. The number of amides is 1. The van der Waals surface area contributed by atoms with Crippen molar-refractivity contribution in [1.82, 2.24) is 10.2 Å².